The number of amides is 1. The van der Waals surface area contributed by atoms with E-state index in [4.69, 9.17) is 11.6 Å². The van der Waals surface area contributed by atoms with Gasteiger partial charge in [-0.05, 0) is 42.7 Å². The van der Waals surface area contributed by atoms with Crippen molar-refractivity contribution in [1.82, 2.24) is 14.6 Å². The molecule has 7 nitrogen and oxygen atoms in total. The number of alkyl halides is 2. The molecule has 1 aliphatic rings. The lowest BCUT2D eigenvalue weighted by atomic mass is 9.97. The average molecular weight is 460 g/mol. The molecule has 1 N–H and O–H groups in total. The minimum atomic E-state index is -3.77. The van der Waals surface area contributed by atoms with Gasteiger partial charge >= 0.3 is 6.61 Å². The van der Waals surface area contributed by atoms with E-state index in [1.807, 2.05) is 0 Å². The van der Waals surface area contributed by atoms with Crippen LogP contribution in [0, 0.1) is 5.92 Å². The van der Waals surface area contributed by atoms with Crippen LogP contribution in [0.1, 0.15) is 18.4 Å². The van der Waals surface area contributed by atoms with E-state index < -0.39 is 16.6 Å². The van der Waals surface area contributed by atoms with Gasteiger partial charge < -0.3 is 10.1 Å². The number of nitrogens with one attached hydrogen (secondary N) is 1. The Morgan fingerprint density at radius 3 is 2.50 bits per heavy atom. The lowest BCUT2D eigenvalue weighted by molar-refractivity contribution is -0.126. The summed E-state index contributed by atoms with van der Waals surface area (Å²) in [7, 11) is -3.77. The Kier molecular flexibility index (Phi) is 7.22. The summed E-state index contributed by atoms with van der Waals surface area (Å²) in [5, 5.41) is 2.72. The second-order valence-electron chi connectivity index (χ2n) is 6.71. The molecule has 30 heavy (non-hydrogen) atoms. The van der Waals surface area contributed by atoms with Gasteiger partial charge in [0.2, 0.25) is 15.9 Å². The highest BCUT2D eigenvalue weighted by atomic mass is 35.5. The fourth-order valence-corrected chi connectivity index (χ4v) is 5.08. The zero-order valence-corrected chi connectivity index (χ0v) is 17.4. The molecule has 1 aromatic carbocycles. The monoisotopic (exact) mass is 459 g/mol. The molecule has 0 saturated carbocycles. The Bertz CT molecular complexity index is 982. The topological polar surface area (TPSA) is 88.6 Å². The van der Waals surface area contributed by atoms with Crippen molar-refractivity contribution in [3.8, 4) is 5.75 Å². The number of sulfonamides is 1. The summed E-state index contributed by atoms with van der Waals surface area (Å²) in [6.45, 7) is -2.26. The number of hydrogen-bond acceptors (Lipinski definition) is 5. The van der Waals surface area contributed by atoms with E-state index >= 15 is 0 Å². The van der Waals surface area contributed by atoms with Gasteiger partial charge in [0.1, 0.15) is 15.8 Å². The van der Waals surface area contributed by atoms with Gasteiger partial charge in [0.15, 0.2) is 0 Å². The first-order chi connectivity index (χ1) is 14.3. The van der Waals surface area contributed by atoms with Crippen molar-refractivity contribution < 1.29 is 26.7 Å². The van der Waals surface area contributed by atoms with E-state index in [9.17, 15) is 22.0 Å². The number of pyridine rings is 1. The fourth-order valence-electron chi connectivity index (χ4n) is 3.18. The molecule has 3 rings (SSSR count). The minimum absolute atomic E-state index is 0.0439. The van der Waals surface area contributed by atoms with Crippen LogP contribution in [0.4, 0.5) is 8.78 Å². The fraction of sp³-hybridized carbons (Fsp3) is 0.368. The van der Waals surface area contributed by atoms with E-state index in [2.05, 4.69) is 15.0 Å². The van der Waals surface area contributed by atoms with Crippen molar-refractivity contribution >= 4 is 27.5 Å². The maximum absolute atomic E-state index is 12.7. The predicted molar refractivity (Wildman–Crippen MR) is 106 cm³/mol. The SMILES string of the molecule is O=C(NCc1ccc(OC(F)F)cc1)C1CCN(S(=O)(=O)c2cccnc2Cl)CC1. The van der Waals surface area contributed by atoms with Crippen LogP contribution in [0.15, 0.2) is 47.5 Å². The van der Waals surface area contributed by atoms with Crippen molar-refractivity contribution in [3.05, 3.63) is 53.3 Å². The number of benzene rings is 1. The molecule has 11 heteroatoms. The molecular formula is C19H20ClF2N3O4S. The minimum Gasteiger partial charge on any atom is -0.435 e. The van der Waals surface area contributed by atoms with Crippen molar-refractivity contribution in [2.24, 2.45) is 5.92 Å². The van der Waals surface area contributed by atoms with E-state index in [1.165, 1.54) is 34.8 Å². The molecule has 0 unspecified atom stereocenters. The maximum atomic E-state index is 12.7. The van der Waals surface area contributed by atoms with Crippen LogP contribution in [0.2, 0.25) is 5.15 Å². The Labute approximate surface area is 178 Å². The standard InChI is InChI=1S/C19H20ClF2N3O4S/c20-17-16(2-1-9-23-17)30(27,28)25-10-7-14(8-11-25)18(26)24-12-13-3-5-15(6-4-13)29-19(21)22/h1-6,9,14,19H,7-8,10-12H2,(H,24,26). The predicted octanol–water partition coefficient (Wildman–Crippen LogP) is 3.05. The van der Waals surface area contributed by atoms with Crippen LogP contribution in [-0.4, -0.2) is 43.3 Å². The number of hydrogen-bond donors (Lipinski definition) is 1. The van der Waals surface area contributed by atoms with Gasteiger partial charge in [-0.25, -0.2) is 13.4 Å². The Morgan fingerprint density at radius 1 is 1.23 bits per heavy atom. The van der Waals surface area contributed by atoms with Gasteiger partial charge in [-0.15, -0.1) is 0 Å². The Balaban J connectivity index is 1.51. The zero-order chi connectivity index (χ0) is 21.7. The molecule has 1 aromatic heterocycles. The highest BCUT2D eigenvalue weighted by Gasteiger charge is 2.33. The van der Waals surface area contributed by atoms with Crippen LogP contribution in [0.25, 0.3) is 0 Å². The number of halogens is 3. The first-order valence-corrected chi connectivity index (χ1v) is 11.0. The Hall–Kier alpha value is -2.30. The molecule has 0 radical (unpaired) electrons. The van der Waals surface area contributed by atoms with Crippen LogP contribution in [-0.2, 0) is 21.4 Å². The third-order valence-corrected chi connectivity index (χ3v) is 7.13. The van der Waals surface area contributed by atoms with Gasteiger partial charge in [0.05, 0.1) is 0 Å². The summed E-state index contributed by atoms with van der Waals surface area (Å²) in [6.07, 6.45) is 2.17. The van der Waals surface area contributed by atoms with E-state index in [1.54, 1.807) is 12.1 Å². The van der Waals surface area contributed by atoms with Crippen molar-refractivity contribution in [1.29, 1.82) is 0 Å². The first-order valence-electron chi connectivity index (χ1n) is 9.19. The van der Waals surface area contributed by atoms with Crippen LogP contribution >= 0.6 is 11.6 Å². The number of carbonyl (C=O) groups is 1. The van der Waals surface area contributed by atoms with Crippen LogP contribution < -0.4 is 10.1 Å². The summed E-state index contributed by atoms with van der Waals surface area (Å²) < 4.78 is 55.4. The lowest BCUT2D eigenvalue weighted by Gasteiger charge is -2.30. The van der Waals surface area contributed by atoms with Crippen molar-refractivity contribution in [3.63, 3.8) is 0 Å². The third kappa shape index (κ3) is 5.44. The molecule has 1 amide bonds. The maximum Gasteiger partial charge on any atom is 0.387 e. The average Bonchev–Trinajstić information content (AvgIpc) is 2.73. The first kappa shape index (κ1) is 22.4. The van der Waals surface area contributed by atoms with E-state index in [0.29, 0.717) is 12.8 Å². The molecule has 1 aliphatic heterocycles. The number of piperidine rings is 1. The highest BCUT2D eigenvalue weighted by molar-refractivity contribution is 7.89. The van der Waals surface area contributed by atoms with Gasteiger partial charge in [0.25, 0.3) is 0 Å². The summed E-state index contributed by atoms with van der Waals surface area (Å²) in [5.74, 6) is -0.455. The molecule has 2 heterocycles. The zero-order valence-electron chi connectivity index (χ0n) is 15.8. The van der Waals surface area contributed by atoms with Crippen molar-refractivity contribution in [2.45, 2.75) is 30.9 Å². The summed E-state index contributed by atoms with van der Waals surface area (Å²) >= 11 is 5.91. The second kappa shape index (κ2) is 9.67. The summed E-state index contributed by atoms with van der Waals surface area (Å²) in [5.41, 5.74) is 0.733. The Morgan fingerprint density at radius 2 is 1.90 bits per heavy atom. The number of aromatic nitrogens is 1. The molecule has 0 bridgehead atoms. The van der Waals surface area contributed by atoms with E-state index in [-0.39, 0.29) is 47.3 Å². The summed E-state index contributed by atoms with van der Waals surface area (Å²) in [4.78, 5) is 16.2. The third-order valence-electron chi connectivity index (χ3n) is 4.78. The number of carbonyl (C=O) groups excluding carboxylic acids is 1. The van der Waals surface area contributed by atoms with E-state index in [0.717, 1.165) is 5.56 Å². The second-order valence-corrected chi connectivity index (χ2v) is 8.98. The van der Waals surface area contributed by atoms with Crippen LogP contribution in [0.3, 0.4) is 0 Å². The smallest absolute Gasteiger partial charge is 0.387 e. The summed E-state index contributed by atoms with van der Waals surface area (Å²) in [6, 6.07) is 8.89. The molecule has 1 saturated heterocycles. The van der Waals surface area contributed by atoms with Crippen LogP contribution in [0.5, 0.6) is 5.75 Å². The van der Waals surface area contributed by atoms with Gasteiger partial charge in [-0.2, -0.15) is 13.1 Å². The largest absolute Gasteiger partial charge is 0.435 e. The van der Waals surface area contributed by atoms with Gasteiger partial charge in [-0.3, -0.25) is 4.79 Å². The quantitative estimate of drug-likeness (QED) is 0.643. The van der Waals surface area contributed by atoms with Crippen molar-refractivity contribution in [2.75, 3.05) is 13.1 Å². The molecule has 0 spiro atoms. The normalized spacial score (nSPS) is 15.9. The van der Waals surface area contributed by atoms with Gasteiger partial charge in [-0.1, -0.05) is 23.7 Å². The lowest BCUT2D eigenvalue weighted by Crippen LogP contribution is -2.42. The van der Waals surface area contributed by atoms with Gasteiger partial charge in [0, 0.05) is 31.7 Å². The molecular weight excluding hydrogens is 440 g/mol. The highest BCUT2D eigenvalue weighted by Crippen LogP contribution is 2.27. The number of ether oxygens (including phenoxy) is 1. The molecule has 2 aromatic rings. The molecule has 162 valence electrons. The molecule has 0 atom stereocenters. The molecule has 0 aliphatic carbocycles. The molecule has 1 fully saturated rings. The number of nitrogens with zero attached hydrogens (tertiary/aromatic N) is 2. The number of rotatable bonds is 7.